The molecular formula is C21H23ClN4O2. The second-order valence-electron chi connectivity index (χ2n) is 6.87. The number of benzene rings is 2. The smallest absolute Gasteiger partial charge is 0.258 e. The minimum absolute atomic E-state index is 0. The second-order valence-corrected chi connectivity index (χ2v) is 6.87. The zero-order valence-corrected chi connectivity index (χ0v) is 16.3. The Morgan fingerprint density at radius 1 is 1.11 bits per heavy atom. The number of halogens is 1. The Morgan fingerprint density at radius 3 is 2.82 bits per heavy atom. The fourth-order valence-electron chi connectivity index (χ4n) is 3.42. The van der Waals surface area contributed by atoms with E-state index in [0.717, 1.165) is 18.7 Å². The van der Waals surface area contributed by atoms with Gasteiger partial charge in [-0.05, 0) is 35.2 Å². The van der Waals surface area contributed by atoms with Crippen molar-refractivity contribution in [1.82, 2.24) is 20.6 Å². The molecule has 1 aliphatic rings. The van der Waals surface area contributed by atoms with Crippen molar-refractivity contribution in [1.29, 1.82) is 0 Å². The summed E-state index contributed by atoms with van der Waals surface area (Å²) in [5.41, 5.74) is 4.32. The van der Waals surface area contributed by atoms with E-state index in [1.165, 1.54) is 11.1 Å². The molecule has 2 aromatic carbocycles. The minimum Gasteiger partial charge on any atom is -0.352 e. The van der Waals surface area contributed by atoms with Crippen LogP contribution in [0.2, 0.25) is 0 Å². The first-order valence-corrected chi connectivity index (χ1v) is 9.25. The summed E-state index contributed by atoms with van der Waals surface area (Å²) in [6, 6.07) is 13.6. The van der Waals surface area contributed by atoms with Gasteiger partial charge in [-0.3, -0.25) is 9.59 Å². The molecule has 28 heavy (non-hydrogen) atoms. The molecule has 7 heteroatoms. The Kier molecular flexibility index (Phi) is 6.44. The van der Waals surface area contributed by atoms with Crippen LogP contribution in [0.5, 0.6) is 0 Å². The summed E-state index contributed by atoms with van der Waals surface area (Å²) in [6.45, 7) is 2.36. The summed E-state index contributed by atoms with van der Waals surface area (Å²) in [6.07, 6.45) is 1.61. The second kappa shape index (κ2) is 8.99. The third kappa shape index (κ3) is 4.58. The Labute approximate surface area is 169 Å². The van der Waals surface area contributed by atoms with Crippen molar-refractivity contribution >= 4 is 29.2 Å². The van der Waals surface area contributed by atoms with Gasteiger partial charge < -0.3 is 15.6 Å². The fourth-order valence-corrected chi connectivity index (χ4v) is 3.42. The molecule has 1 aromatic heterocycles. The maximum Gasteiger partial charge on any atom is 0.258 e. The Hall–Kier alpha value is -2.70. The van der Waals surface area contributed by atoms with Crippen molar-refractivity contribution in [2.75, 3.05) is 0 Å². The number of nitrogens with one attached hydrogen (secondary N) is 3. The van der Waals surface area contributed by atoms with E-state index in [2.05, 4.69) is 38.8 Å². The van der Waals surface area contributed by atoms with Gasteiger partial charge in [0.15, 0.2) is 0 Å². The minimum atomic E-state index is -0.133. The highest BCUT2D eigenvalue weighted by molar-refractivity contribution is 5.85. The highest BCUT2D eigenvalue weighted by atomic mass is 35.5. The van der Waals surface area contributed by atoms with Crippen LogP contribution < -0.4 is 16.2 Å². The zero-order valence-electron chi connectivity index (χ0n) is 15.5. The van der Waals surface area contributed by atoms with Crippen LogP contribution in [-0.2, 0) is 30.8 Å². The monoisotopic (exact) mass is 398 g/mol. The first-order valence-electron chi connectivity index (χ1n) is 9.25. The normalized spacial score (nSPS) is 12.4. The molecule has 0 atom stereocenters. The predicted molar refractivity (Wildman–Crippen MR) is 111 cm³/mol. The summed E-state index contributed by atoms with van der Waals surface area (Å²) in [5, 5.41) is 6.87. The fraction of sp³-hybridized carbons (Fsp3) is 0.286. The van der Waals surface area contributed by atoms with Crippen LogP contribution in [-0.4, -0.2) is 15.9 Å². The van der Waals surface area contributed by atoms with Crippen molar-refractivity contribution in [3.63, 3.8) is 0 Å². The number of hydrogen-bond acceptors (Lipinski definition) is 4. The van der Waals surface area contributed by atoms with Gasteiger partial charge in [0.1, 0.15) is 5.82 Å². The molecule has 3 aromatic rings. The molecule has 4 rings (SSSR count). The Bertz CT molecular complexity index is 1050. The first kappa shape index (κ1) is 20.0. The van der Waals surface area contributed by atoms with Crippen molar-refractivity contribution in [2.45, 2.75) is 38.9 Å². The quantitative estimate of drug-likeness (QED) is 0.595. The summed E-state index contributed by atoms with van der Waals surface area (Å²) < 4.78 is 0. The third-order valence-corrected chi connectivity index (χ3v) is 4.87. The van der Waals surface area contributed by atoms with Crippen molar-refractivity contribution in [3.8, 4) is 0 Å². The molecule has 0 bridgehead atoms. The van der Waals surface area contributed by atoms with Gasteiger partial charge in [0.25, 0.3) is 5.56 Å². The lowest BCUT2D eigenvalue weighted by Gasteiger charge is -2.07. The number of hydrogen-bond donors (Lipinski definition) is 3. The average molecular weight is 399 g/mol. The molecule has 6 nitrogen and oxygen atoms in total. The van der Waals surface area contributed by atoms with E-state index in [0.29, 0.717) is 42.5 Å². The maximum atomic E-state index is 12.1. The number of carbonyl (C=O) groups excluding carboxylic acids is 1. The van der Waals surface area contributed by atoms with E-state index in [4.69, 9.17) is 0 Å². The number of amides is 1. The van der Waals surface area contributed by atoms with Crippen LogP contribution in [0.15, 0.2) is 47.3 Å². The van der Waals surface area contributed by atoms with E-state index in [1.807, 2.05) is 18.2 Å². The highest BCUT2D eigenvalue weighted by Crippen LogP contribution is 2.17. The lowest BCUT2D eigenvalue weighted by Crippen LogP contribution is -2.22. The van der Waals surface area contributed by atoms with Gasteiger partial charge in [-0.15, -0.1) is 12.4 Å². The lowest BCUT2D eigenvalue weighted by molar-refractivity contribution is -0.121. The van der Waals surface area contributed by atoms with Gasteiger partial charge in [0, 0.05) is 32.5 Å². The van der Waals surface area contributed by atoms with E-state index in [1.54, 1.807) is 6.07 Å². The molecule has 0 radical (unpaired) electrons. The number of H-pyrrole nitrogens is 1. The largest absolute Gasteiger partial charge is 0.352 e. The number of nitrogens with zero attached hydrogens (tertiary/aromatic N) is 1. The molecule has 0 fully saturated rings. The summed E-state index contributed by atoms with van der Waals surface area (Å²) in [4.78, 5) is 31.4. The summed E-state index contributed by atoms with van der Waals surface area (Å²) in [5.74, 6) is 0.634. The molecule has 1 aliphatic heterocycles. The molecule has 2 heterocycles. The van der Waals surface area contributed by atoms with Crippen molar-refractivity contribution in [3.05, 3.63) is 75.3 Å². The van der Waals surface area contributed by atoms with E-state index in [9.17, 15) is 9.59 Å². The van der Waals surface area contributed by atoms with Gasteiger partial charge in [-0.2, -0.15) is 0 Å². The molecule has 0 saturated heterocycles. The number of fused-ring (bicyclic) bond motifs is 2. The SMILES string of the molecule is Cl.O=C(CCCc1nc2ccccc2c(=O)[nH]1)NCc1ccc2c(c1)CNC2. The maximum absolute atomic E-state index is 12.1. The van der Waals surface area contributed by atoms with Gasteiger partial charge in [-0.1, -0.05) is 30.3 Å². The van der Waals surface area contributed by atoms with Crippen molar-refractivity contribution < 1.29 is 4.79 Å². The molecule has 3 N–H and O–H groups in total. The first-order chi connectivity index (χ1) is 13.2. The molecule has 0 saturated carbocycles. The number of carbonyl (C=O) groups is 1. The van der Waals surface area contributed by atoms with Gasteiger partial charge in [-0.25, -0.2) is 4.98 Å². The Balaban J connectivity index is 0.00000225. The van der Waals surface area contributed by atoms with Gasteiger partial charge in [0.05, 0.1) is 10.9 Å². The molecule has 0 aliphatic carbocycles. The van der Waals surface area contributed by atoms with E-state index in [-0.39, 0.29) is 23.9 Å². The molecule has 0 unspecified atom stereocenters. The van der Waals surface area contributed by atoms with Crippen molar-refractivity contribution in [2.24, 2.45) is 0 Å². The number of rotatable bonds is 6. The summed E-state index contributed by atoms with van der Waals surface area (Å²) in [7, 11) is 0. The van der Waals surface area contributed by atoms with Crippen LogP contribution in [0, 0.1) is 0 Å². The highest BCUT2D eigenvalue weighted by Gasteiger charge is 2.10. The van der Waals surface area contributed by atoms with Gasteiger partial charge >= 0.3 is 0 Å². The topological polar surface area (TPSA) is 86.9 Å². The molecule has 146 valence electrons. The standard InChI is InChI=1S/C21H22N4O2.ClH/c26-20(23-11-14-8-9-15-12-22-13-16(15)10-14)7-3-6-19-24-18-5-2-1-4-17(18)21(27)25-19;/h1-2,4-5,8-10,22H,3,6-7,11-13H2,(H,23,26)(H,24,25,27);1H. The van der Waals surface area contributed by atoms with Crippen LogP contribution in [0.1, 0.15) is 35.4 Å². The predicted octanol–water partition coefficient (Wildman–Crippen LogP) is 2.59. The van der Waals surface area contributed by atoms with E-state index >= 15 is 0 Å². The van der Waals surface area contributed by atoms with Crippen LogP contribution in [0.3, 0.4) is 0 Å². The molecule has 0 spiro atoms. The Morgan fingerprint density at radius 2 is 1.93 bits per heavy atom. The third-order valence-electron chi connectivity index (χ3n) is 4.87. The number of aromatic amines is 1. The van der Waals surface area contributed by atoms with Gasteiger partial charge in [0.2, 0.25) is 5.91 Å². The number of aryl methyl sites for hydroxylation is 1. The van der Waals surface area contributed by atoms with Crippen LogP contribution in [0.25, 0.3) is 10.9 Å². The van der Waals surface area contributed by atoms with Crippen LogP contribution in [0.4, 0.5) is 0 Å². The number of aromatic nitrogens is 2. The lowest BCUT2D eigenvalue weighted by atomic mass is 10.1. The van der Waals surface area contributed by atoms with Crippen LogP contribution >= 0.6 is 12.4 Å². The number of para-hydroxylation sites is 1. The summed E-state index contributed by atoms with van der Waals surface area (Å²) >= 11 is 0. The average Bonchev–Trinajstić information content (AvgIpc) is 3.14. The zero-order chi connectivity index (χ0) is 18.6. The van der Waals surface area contributed by atoms with E-state index < -0.39 is 0 Å². The molecule has 1 amide bonds. The molecular weight excluding hydrogens is 376 g/mol.